The molecule has 1 amide bonds. The van der Waals surface area contributed by atoms with E-state index in [1.165, 1.54) is 56.7 Å². The second kappa shape index (κ2) is 35.5. The Morgan fingerprint density at radius 3 is 1.88 bits per heavy atom. The molecule has 0 atom stereocenters. The van der Waals surface area contributed by atoms with Crippen LogP contribution in [-0.4, -0.2) is 67.8 Å². The molecule has 0 aromatic rings. The molecule has 0 bridgehead atoms. The van der Waals surface area contributed by atoms with Crippen LogP contribution in [0.4, 0.5) is 0 Å². The second-order valence-corrected chi connectivity index (χ2v) is 9.96. The van der Waals surface area contributed by atoms with Crippen molar-refractivity contribution in [3.63, 3.8) is 0 Å². The van der Waals surface area contributed by atoms with Crippen molar-refractivity contribution >= 4 is 24.7 Å². The van der Waals surface area contributed by atoms with E-state index in [9.17, 15) is 9.82 Å². The van der Waals surface area contributed by atoms with Gasteiger partial charge in [0, 0.05) is 25.8 Å². The molecule has 0 aromatic heterocycles. The number of amides is 1. The fourth-order valence-corrected chi connectivity index (χ4v) is 4.63. The lowest BCUT2D eigenvalue weighted by molar-refractivity contribution is -0.117. The van der Waals surface area contributed by atoms with Crippen LogP contribution >= 0.6 is 11.8 Å². The third-order valence-electron chi connectivity index (χ3n) is 6.36. The van der Waals surface area contributed by atoms with Crippen LogP contribution in [0.15, 0.2) is 48.3 Å². The first-order valence-electron chi connectivity index (χ1n) is 16.7. The summed E-state index contributed by atoms with van der Waals surface area (Å²) in [4.78, 5) is 12.4. The highest BCUT2D eigenvalue weighted by atomic mass is 32.2. The fourth-order valence-electron chi connectivity index (χ4n) is 4.13. The number of hydrogen-bond acceptors (Lipinski definition) is 7. The molecule has 246 valence electrons. The fraction of sp³-hybridized carbons (Fsp3) is 0.727. The topological polar surface area (TPSA) is 88.7 Å². The highest BCUT2D eigenvalue weighted by Crippen LogP contribution is 2.37. The Labute approximate surface area is 266 Å². The number of nitrogens with one attached hydrogen (secondary N) is 4. The minimum absolute atomic E-state index is 0.0903. The number of allylic oxidation sites excluding steroid dienone is 2. The standard InChI is InChI=1S/C10H19BN2O.C6H11N.C5H9N.C4H5NOS.4C2H6/c1-11(14)13-8-4-10(5-9-13)2-6-12-7-3-10;1-2-4-6-7-5-3-1;1-2-4-6-5-3-1;6-4-3-7-2-1-5-4;4*1-2/h2,6,12,14H,3-5,7-9H2,1H3;3,5,7H,1-2,4,6H2;1-2,6H,3-5H2;1-2H,3H2,(H,5,6);4*1-2H3. The highest BCUT2D eigenvalue weighted by molar-refractivity contribution is 8.02. The van der Waals surface area contributed by atoms with E-state index in [4.69, 9.17) is 0 Å². The van der Waals surface area contributed by atoms with Gasteiger partial charge in [-0.25, -0.2) is 0 Å². The van der Waals surface area contributed by atoms with Gasteiger partial charge in [0.2, 0.25) is 5.91 Å². The summed E-state index contributed by atoms with van der Waals surface area (Å²) >= 11 is 1.51. The van der Waals surface area contributed by atoms with Crippen molar-refractivity contribution in [3.8, 4) is 0 Å². The van der Waals surface area contributed by atoms with Gasteiger partial charge in [0.05, 0.1) is 5.75 Å². The zero-order valence-electron chi connectivity index (χ0n) is 28.8. The van der Waals surface area contributed by atoms with E-state index in [1.54, 1.807) is 6.20 Å². The minimum Gasteiger partial charge on any atom is -0.437 e. The molecule has 1 spiro atoms. The summed E-state index contributed by atoms with van der Waals surface area (Å²) in [6, 6.07) is 0. The van der Waals surface area contributed by atoms with Gasteiger partial charge < -0.3 is 31.1 Å². The lowest BCUT2D eigenvalue weighted by Crippen LogP contribution is -2.47. The summed E-state index contributed by atoms with van der Waals surface area (Å²) < 4.78 is 0. The molecule has 5 N–H and O–H groups in total. The molecule has 5 aliphatic rings. The van der Waals surface area contributed by atoms with Crippen LogP contribution in [-0.2, 0) is 4.79 Å². The van der Waals surface area contributed by atoms with Crippen LogP contribution in [0.5, 0.6) is 0 Å². The molecule has 9 heteroatoms. The molecular formula is C33H68BN5O2S. The minimum atomic E-state index is -0.280. The predicted molar refractivity (Wildman–Crippen MR) is 192 cm³/mol. The van der Waals surface area contributed by atoms with Gasteiger partial charge in [0.1, 0.15) is 0 Å². The molecule has 5 rings (SSSR count). The molecule has 1 fully saturated rings. The van der Waals surface area contributed by atoms with Gasteiger partial charge in [0.15, 0.2) is 0 Å². The van der Waals surface area contributed by atoms with Crippen molar-refractivity contribution in [3.05, 3.63) is 48.3 Å². The van der Waals surface area contributed by atoms with Crippen LogP contribution in [0.1, 0.15) is 100 Å². The monoisotopic (exact) mass is 610 g/mol. The molecule has 0 radical (unpaired) electrons. The normalized spacial score (nSPS) is 19.0. The molecule has 0 aliphatic carbocycles. The van der Waals surface area contributed by atoms with Crippen LogP contribution in [0.25, 0.3) is 0 Å². The maximum atomic E-state index is 10.3. The molecule has 0 unspecified atom stereocenters. The third-order valence-corrected chi connectivity index (χ3v) is 7.12. The van der Waals surface area contributed by atoms with E-state index >= 15 is 0 Å². The average molecular weight is 610 g/mol. The average Bonchev–Trinajstić information content (AvgIpc) is 3.41. The molecule has 42 heavy (non-hydrogen) atoms. The third kappa shape index (κ3) is 26.0. The largest absolute Gasteiger partial charge is 0.437 e. The number of hydrogen-bond donors (Lipinski definition) is 5. The van der Waals surface area contributed by atoms with Crippen molar-refractivity contribution in [1.82, 2.24) is 26.1 Å². The second-order valence-electron chi connectivity index (χ2n) is 9.07. The summed E-state index contributed by atoms with van der Waals surface area (Å²) in [5, 5.41) is 23.5. The quantitative estimate of drug-likeness (QED) is 0.163. The number of carbonyl (C=O) groups is 1. The Hall–Kier alpha value is -1.68. The zero-order valence-corrected chi connectivity index (χ0v) is 29.6. The van der Waals surface area contributed by atoms with E-state index in [-0.39, 0.29) is 13.0 Å². The summed E-state index contributed by atoms with van der Waals surface area (Å²) in [6.07, 6.45) is 23.4. The summed E-state index contributed by atoms with van der Waals surface area (Å²) in [5.41, 5.74) is 0.427. The van der Waals surface area contributed by atoms with E-state index < -0.39 is 0 Å². The van der Waals surface area contributed by atoms with Gasteiger partial charge >= 0.3 is 7.05 Å². The lowest BCUT2D eigenvalue weighted by Gasteiger charge is -2.42. The van der Waals surface area contributed by atoms with Crippen molar-refractivity contribution in [1.29, 1.82) is 0 Å². The molecular weight excluding hydrogens is 541 g/mol. The number of piperidine rings is 1. The summed E-state index contributed by atoms with van der Waals surface area (Å²) in [6.45, 7) is 24.4. The lowest BCUT2D eigenvalue weighted by atomic mass is 9.71. The molecule has 0 aromatic carbocycles. The number of rotatable bonds is 1. The Bertz CT molecular complexity index is 663. The number of nitrogens with zero attached hydrogens (tertiary/aromatic N) is 1. The first-order chi connectivity index (χ1) is 20.6. The Morgan fingerprint density at radius 2 is 1.48 bits per heavy atom. The van der Waals surface area contributed by atoms with E-state index in [2.05, 4.69) is 56.6 Å². The first kappa shape index (κ1) is 44.8. The SMILES string of the molecule is C1=CCNCC1.C1=CNCCCC1.CB(O)N1CCC2(C=CNCC2)CC1.CC.CC.CC.CC.O=C1CSC=CN1. The van der Waals surface area contributed by atoms with Crippen molar-refractivity contribution in [2.75, 3.05) is 45.0 Å². The van der Waals surface area contributed by atoms with Gasteiger partial charge in [-0.2, -0.15) is 0 Å². The smallest absolute Gasteiger partial charge is 0.376 e. The van der Waals surface area contributed by atoms with Crippen molar-refractivity contribution in [2.24, 2.45) is 5.41 Å². The van der Waals surface area contributed by atoms with Gasteiger partial charge in [-0.05, 0) is 94.6 Å². The maximum absolute atomic E-state index is 10.3. The Kier molecular flexibility index (Phi) is 37.9. The van der Waals surface area contributed by atoms with Crippen LogP contribution in [0.3, 0.4) is 0 Å². The summed E-state index contributed by atoms with van der Waals surface area (Å²) in [5.74, 6) is 0.656. The van der Waals surface area contributed by atoms with Crippen LogP contribution in [0.2, 0.25) is 6.82 Å². The Morgan fingerprint density at radius 1 is 0.810 bits per heavy atom. The Balaban J connectivity index is -0.000000469. The summed E-state index contributed by atoms with van der Waals surface area (Å²) in [7, 11) is -0.280. The molecule has 7 nitrogen and oxygen atoms in total. The number of thioether (sulfide) groups is 1. The first-order valence-corrected chi connectivity index (χ1v) is 17.8. The molecule has 0 saturated carbocycles. The molecule has 5 aliphatic heterocycles. The van der Waals surface area contributed by atoms with E-state index in [1.807, 2.05) is 73.8 Å². The molecule has 1 saturated heterocycles. The van der Waals surface area contributed by atoms with E-state index in [0.29, 0.717) is 11.2 Å². The van der Waals surface area contributed by atoms with Gasteiger partial charge in [-0.15, -0.1) is 11.8 Å². The van der Waals surface area contributed by atoms with Gasteiger partial charge in [0.25, 0.3) is 0 Å². The highest BCUT2D eigenvalue weighted by Gasteiger charge is 2.34. The van der Waals surface area contributed by atoms with Gasteiger partial charge in [-0.1, -0.05) is 79.7 Å². The predicted octanol–water partition coefficient (Wildman–Crippen LogP) is 6.92. The van der Waals surface area contributed by atoms with Crippen molar-refractivity contribution in [2.45, 2.75) is 107 Å². The maximum Gasteiger partial charge on any atom is 0.376 e. The molecule has 5 heterocycles. The van der Waals surface area contributed by atoms with E-state index in [0.717, 1.165) is 39.3 Å². The van der Waals surface area contributed by atoms with Gasteiger partial charge in [-0.3, -0.25) is 4.79 Å². The van der Waals surface area contributed by atoms with Crippen LogP contribution < -0.4 is 21.3 Å². The zero-order chi connectivity index (χ0) is 32.3. The number of carbonyl (C=O) groups excluding carboxylic acids is 1. The van der Waals surface area contributed by atoms with Crippen LogP contribution in [0, 0.1) is 5.41 Å². The van der Waals surface area contributed by atoms with Crippen molar-refractivity contribution < 1.29 is 9.82 Å².